The van der Waals surface area contributed by atoms with Crippen LogP contribution < -0.4 is 10.6 Å². The molecular formula is C15H23N3O. The number of nitrogens with one attached hydrogen (secondary N) is 2. The summed E-state index contributed by atoms with van der Waals surface area (Å²) in [7, 11) is 0. The molecule has 0 aliphatic carbocycles. The Hall–Kier alpha value is -1.81. The molecule has 0 aliphatic heterocycles. The largest absolute Gasteiger partial charge is 0.337 e. The Bertz CT molecular complexity index is 386. The number of rotatable bonds is 7. The molecule has 0 aromatic heterocycles. The lowest BCUT2D eigenvalue weighted by Crippen LogP contribution is -2.38. The van der Waals surface area contributed by atoms with Gasteiger partial charge in [0.1, 0.15) is 0 Å². The predicted molar refractivity (Wildman–Crippen MR) is 79.8 cm³/mol. The second kappa shape index (κ2) is 9.16. The van der Waals surface area contributed by atoms with Crippen molar-refractivity contribution in [3.05, 3.63) is 42.1 Å². The zero-order valence-electron chi connectivity index (χ0n) is 11.7. The van der Waals surface area contributed by atoms with Crippen LogP contribution in [0.3, 0.4) is 0 Å². The number of carbonyl (C=O) groups is 1. The van der Waals surface area contributed by atoms with Crippen molar-refractivity contribution in [1.82, 2.24) is 15.5 Å². The highest BCUT2D eigenvalue weighted by molar-refractivity contribution is 5.75. The van der Waals surface area contributed by atoms with Crippen molar-refractivity contribution in [3.8, 4) is 0 Å². The molecule has 0 radical (unpaired) electrons. The van der Waals surface area contributed by atoms with Crippen molar-refractivity contribution < 1.29 is 4.79 Å². The summed E-state index contributed by atoms with van der Waals surface area (Å²) in [6.45, 7) is 7.79. The average Bonchev–Trinajstić information content (AvgIpc) is 2.45. The minimum absolute atomic E-state index is 0.167. The fourth-order valence-electron chi connectivity index (χ4n) is 1.70. The maximum atomic E-state index is 11.5. The maximum Gasteiger partial charge on any atom is 0.318 e. The Balaban J connectivity index is 2.19. The van der Waals surface area contributed by atoms with Gasteiger partial charge >= 0.3 is 6.03 Å². The van der Waals surface area contributed by atoms with Crippen LogP contribution in [0.5, 0.6) is 0 Å². The summed E-state index contributed by atoms with van der Waals surface area (Å²) in [5, 5.41) is 5.52. The van der Waals surface area contributed by atoms with E-state index in [1.54, 1.807) is 6.20 Å². The zero-order chi connectivity index (χ0) is 13.9. The number of hydrogen-bond acceptors (Lipinski definition) is 2. The summed E-state index contributed by atoms with van der Waals surface area (Å²) in [5.74, 6) is 0. The SMILES string of the molecule is CCN(CC)CCNC(=O)N/C=C/c1ccccc1. The molecule has 0 atom stereocenters. The van der Waals surface area contributed by atoms with Crippen LogP contribution in [0.25, 0.3) is 6.08 Å². The van der Waals surface area contributed by atoms with E-state index in [-0.39, 0.29) is 6.03 Å². The lowest BCUT2D eigenvalue weighted by molar-refractivity contribution is 0.240. The number of benzene rings is 1. The molecule has 19 heavy (non-hydrogen) atoms. The molecule has 0 bridgehead atoms. The van der Waals surface area contributed by atoms with E-state index in [0.29, 0.717) is 6.54 Å². The monoisotopic (exact) mass is 261 g/mol. The van der Waals surface area contributed by atoms with Gasteiger partial charge in [-0.25, -0.2) is 4.79 Å². The normalized spacial score (nSPS) is 10.9. The van der Waals surface area contributed by atoms with Crippen molar-refractivity contribution >= 4 is 12.1 Å². The van der Waals surface area contributed by atoms with E-state index >= 15 is 0 Å². The highest BCUT2D eigenvalue weighted by Gasteiger charge is 2.00. The van der Waals surface area contributed by atoms with Crippen molar-refractivity contribution in [3.63, 3.8) is 0 Å². The summed E-state index contributed by atoms with van der Waals surface area (Å²) in [6, 6.07) is 9.69. The van der Waals surface area contributed by atoms with E-state index in [1.807, 2.05) is 36.4 Å². The number of urea groups is 1. The van der Waals surface area contributed by atoms with Crippen molar-refractivity contribution in [2.45, 2.75) is 13.8 Å². The Kier molecular flexibility index (Phi) is 7.35. The smallest absolute Gasteiger partial charge is 0.318 e. The number of likely N-dealkylation sites (N-methyl/N-ethyl adjacent to an activating group) is 1. The highest BCUT2D eigenvalue weighted by atomic mass is 16.2. The summed E-state index contributed by atoms with van der Waals surface area (Å²) in [4.78, 5) is 13.8. The second-order valence-electron chi connectivity index (χ2n) is 4.17. The predicted octanol–water partition coefficient (Wildman–Crippen LogP) is 2.30. The number of amides is 2. The molecule has 2 amide bonds. The molecule has 0 aliphatic rings. The molecule has 2 N–H and O–H groups in total. The zero-order valence-corrected chi connectivity index (χ0v) is 11.7. The van der Waals surface area contributed by atoms with E-state index in [4.69, 9.17) is 0 Å². The van der Waals surface area contributed by atoms with Gasteiger partial charge in [-0.15, -0.1) is 0 Å². The second-order valence-corrected chi connectivity index (χ2v) is 4.17. The lowest BCUT2D eigenvalue weighted by Gasteiger charge is -2.17. The van der Waals surface area contributed by atoms with Gasteiger partial charge in [-0.1, -0.05) is 44.2 Å². The van der Waals surface area contributed by atoms with Gasteiger partial charge in [0, 0.05) is 19.3 Å². The molecule has 0 unspecified atom stereocenters. The first-order valence-corrected chi connectivity index (χ1v) is 6.74. The quantitative estimate of drug-likeness (QED) is 0.791. The highest BCUT2D eigenvalue weighted by Crippen LogP contribution is 1.99. The van der Waals surface area contributed by atoms with Gasteiger partial charge in [-0.3, -0.25) is 0 Å². The van der Waals surface area contributed by atoms with Crippen LogP contribution in [0, 0.1) is 0 Å². The number of carbonyl (C=O) groups excluding carboxylic acids is 1. The minimum Gasteiger partial charge on any atom is -0.337 e. The van der Waals surface area contributed by atoms with Gasteiger partial charge < -0.3 is 15.5 Å². The average molecular weight is 261 g/mol. The van der Waals surface area contributed by atoms with E-state index in [0.717, 1.165) is 25.2 Å². The fraction of sp³-hybridized carbons (Fsp3) is 0.400. The third-order valence-corrected chi connectivity index (χ3v) is 2.90. The van der Waals surface area contributed by atoms with Gasteiger partial charge in [0.05, 0.1) is 0 Å². The maximum absolute atomic E-state index is 11.5. The summed E-state index contributed by atoms with van der Waals surface area (Å²) in [6.07, 6.45) is 3.52. The Morgan fingerprint density at radius 2 is 1.89 bits per heavy atom. The number of nitrogens with zero attached hydrogens (tertiary/aromatic N) is 1. The van der Waals surface area contributed by atoms with Gasteiger partial charge in [-0.2, -0.15) is 0 Å². The first kappa shape index (κ1) is 15.2. The molecule has 4 heteroatoms. The summed E-state index contributed by atoms with van der Waals surface area (Å²) >= 11 is 0. The van der Waals surface area contributed by atoms with Crippen molar-refractivity contribution in [2.24, 2.45) is 0 Å². The molecule has 1 aromatic carbocycles. The molecule has 0 saturated heterocycles. The summed E-state index contributed by atoms with van der Waals surface area (Å²) < 4.78 is 0. The molecule has 104 valence electrons. The first-order valence-electron chi connectivity index (χ1n) is 6.74. The van der Waals surface area contributed by atoms with Crippen LogP contribution in [0.2, 0.25) is 0 Å². The molecule has 0 spiro atoms. The van der Waals surface area contributed by atoms with E-state index in [9.17, 15) is 4.79 Å². The first-order chi connectivity index (χ1) is 9.26. The van der Waals surface area contributed by atoms with Crippen LogP contribution in [-0.2, 0) is 0 Å². The van der Waals surface area contributed by atoms with E-state index < -0.39 is 0 Å². The Morgan fingerprint density at radius 3 is 2.53 bits per heavy atom. The van der Waals surface area contributed by atoms with E-state index in [1.165, 1.54) is 0 Å². The summed E-state index contributed by atoms with van der Waals surface area (Å²) in [5.41, 5.74) is 1.06. The molecule has 4 nitrogen and oxygen atoms in total. The molecule has 1 rings (SSSR count). The van der Waals surface area contributed by atoms with Crippen LogP contribution in [0.15, 0.2) is 36.5 Å². The Morgan fingerprint density at radius 1 is 1.21 bits per heavy atom. The standard InChI is InChI=1S/C15H23N3O/c1-3-18(4-2)13-12-17-15(19)16-11-10-14-8-6-5-7-9-14/h5-11H,3-4,12-13H2,1-2H3,(H2,16,17,19)/b11-10+. The van der Waals surface area contributed by atoms with E-state index in [2.05, 4.69) is 29.4 Å². The van der Waals surface area contributed by atoms with Gasteiger partial charge in [-0.05, 0) is 24.7 Å². The van der Waals surface area contributed by atoms with Crippen LogP contribution in [-0.4, -0.2) is 37.1 Å². The topological polar surface area (TPSA) is 44.4 Å². The third kappa shape index (κ3) is 6.62. The lowest BCUT2D eigenvalue weighted by atomic mass is 10.2. The number of hydrogen-bond donors (Lipinski definition) is 2. The van der Waals surface area contributed by atoms with Crippen LogP contribution in [0.4, 0.5) is 4.79 Å². The molecule has 0 fully saturated rings. The molecule has 0 saturated carbocycles. The van der Waals surface area contributed by atoms with Crippen molar-refractivity contribution in [2.75, 3.05) is 26.2 Å². The van der Waals surface area contributed by atoms with Crippen LogP contribution in [0.1, 0.15) is 19.4 Å². The molecular weight excluding hydrogens is 238 g/mol. The van der Waals surface area contributed by atoms with Gasteiger partial charge in [0.2, 0.25) is 0 Å². The van der Waals surface area contributed by atoms with Crippen molar-refractivity contribution in [1.29, 1.82) is 0 Å². The molecule has 0 heterocycles. The Labute approximate surface area is 115 Å². The molecule has 1 aromatic rings. The fourth-order valence-corrected chi connectivity index (χ4v) is 1.70. The minimum atomic E-state index is -0.167. The van der Waals surface area contributed by atoms with Gasteiger partial charge in [0.25, 0.3) is 0 Å². The van der Waals surface area contributed by atoms with Gasteiger partial charge in [0.15, 0.2) is 0 Å². The van der Waals surface area contributed by atoms with Crippen LogP contribution >= 0.6 is 0 Å². The third-order valence-electron chi connectivity index (χ3n) is 2.90.